The second-order valence-corrected chi connectivity index (χ2v) is 7.66. The molecule has 0 bridgehead atoms. The van der Waals surface area contributed by atoms with Crippen molar-refractivity contribution < 1.29 is 9.53 Å². The smallest absolute Gasteiger partial charge is 0.309 e. The first-order valence-corrected chi connectivity index (χ1v) is 8.81. The van der Waals surface area contributed by atoms with Crippen molar-refractivity contribution in [3.8, 4) is 0 Å². The Morgan fingerprint density at radius 3 is 2.55 bits per heavy atom. The summed E-state index contributed by atoms with van der Waals surface area (Å²) in [6, 6.07) is 10.4. The van der Waals surface area contributed by atoms with Crippen LogP contribution in [0.2, 0.25) is 0 Å². The Bertz CT molecular complexity index is 508. The second-order valence-electron chi connectivity index (χ2n) is 7.66. The zero-order valence-electron chi connectivity index (χ0n) is 14.0. The maximum atomic E-state index is 12.5. The van der Waals surface area contributed by atoms with Crippen LogP contribution in [0.1, 0.15) is 57.9 Å². The average molecular weight is 300 g/mol. The van der Waals surface area contributed by atoms with E-state index in [4.69, 9.17) is 4.74 Å². The molecule has 0 saturated heterocycles. The van der Waals surface area contributed by atoms with Crippen LogP contribution in [-0.4, -0.2) is 12.1 Å². The molecule has 2 saturated carbocycles. The lowest BCUT2D eigenvalue weighted by Gasteiger charge is -2.36. The molecular formula is C20H28O2. The van der Waals surface area contributed by atoms with Gasteiger partial charge in [-0.15, -0.1) is 0 Å². The molecule has 5 atom stereocenters. The van der Waals surface area contributed by atoms with E-state index < -0.39 is 0 Å². The van der Waals surface area contributed by atoms with Crippen molar-refractivity contribution in [3.05, 3.63) is 35.9 Å². The van der Waals surface area contributed by atoms with E-state index in [0.717, 1.165) is 12.8 Å². The number of benzene rings is 1. The SMILES string of the molecule is CC1CCC(C(C)C)C(OC(=O)C2CC2c2ccccc2)C1. The van der Waals surface area contributed by atoms with Crippen molar-refractivity contribution in [1.29, 1.82) is 0 Å². The molecule has 0 amide bonds. The van der Waals surface area contributed by atoms with Gasteiger partial charge in [0.25, 0.3) is 0 Å². The Morgan fingerprint density at radius 1 is 1.14 bits per heavy atom. The van der Waals surface area contributed by atoms with Gasteiger partial charge in [-0.3, -0.25) is 4.79 Å². The Hall–Kier alpha value is -1.31. The van der Waals surface area contributed by atoms with E-state index in [2.05, 4.69) is 32.9 Å². The van der Waals surface area contributed by atoms with Crippen molar-refractivity contribution in [2.45, 2.75) is 58.5 Å². The van der Waals surface area contributed by atoms with Crippen molar-refractivity contribution in [2.24, 2.45) is 23.7 Å². The first kappa shape index (κ1) is 15.6. The number of carbonyl (C=O) groups is 1. The van der Waals surface area contributed by atoms with Crippen LogP contribution in [0, 0.1) is 23.7 Å². The molecule has 120 valence electrons. The van der Waals surface area contributed by atoms with Gasteiger partial charge in [0.2, 0.25) is 0 Å². The van der Waals surface area contributed by atoms with Gasteiger partial charge in [-0.1, -0.05) is 57.5 Å². The Balaban J connectivity index is 1.59. The molecule has 2 heteroatoms. The topological polar surface area (TPSA) is 26.3 Å². The summed E-state index contributed by atoms with van der Waals surface area (Å²) >= 11 is 0. The van der Waals surface area contributed by atoms with E-state index >= 15 is 0 Å². The third-order valence-electron chi connectivity index (χ3n) is 5.55. The van der Waals surface area contributed by atoms with Gasteiger partial charge in [-0.05, 0) is 48.5 Å². The van der Waals surface area contributed by atoms with E-state index in [-0.39, 0.29) is 18.0 Å². The lowest BCUT2D eigenvalue weighted by Crippen LogP contribution is -2.36. The van der Waals surface area contributed by atoms with Crippen LogP contribution in [0.15, 0.2) is 30.3 Å². The predicted molar refractivity (Wildman–Crippen MR) is 88.5 cm³/mol. The fraction of sp³-hybridized carbons (Fsp3) is 0.650. The fourth-order valence-electron chi connectivity index (χ4n) is 4.01. The average Bonchev–Trinajstić information content (AvgIpc) is 3.28. The van der Waals surface area contributed by atoms with Gasteiger partial charge in [0.15, 0.2) is 0 Å². The van der Waals surface area contributed by atoms with Gasteiger partial charge in [-0.2, -0.15) is 0 Å². The molecule has 0 heterocycles. The zero-order chi connectivity index (χ0) is 15.7. The fourth-order valence-corrected chi connectivity index (χ4v) is 4.01. The minimum absolute atomic E-state index is 0.0404. The molecular weight excluding hydrogens is 272 g/mol. The van der Waals surface area contributed by atoms with E-state index in [1.807, 2.05) is 18.2 Å². The van der Waals surface area contributed by atoms with Crippen molar-refractivity contribution >= 4 is 5.97 Å². The van der Waals surface area contributed by atoms with Crippen molar-refractivity contribution in [1.82, 2.24) is 0 Å². The summed E-state index contributed by atoms with van der Waals surface area (Å²) in [5.74, 6) is 2.32. The minimum Gasteiger partial charge on any atom is -0.462 e. The van der Waals surface area contributed by atoms with Gasteiger partial charge in [-0.25, -0.2) is 0 Å². The summed E-state index contributed by atoms with van der Waals surface area (Å²) in [7, 11) is 0. The number of hydrogen-bond acceptors (Lipinski definition) is 2. The van der Waals surface area contributed by atoms with E-state index in [1.165, 1.54) is 18.4 Å². The molecule has 0 N–H and O–H groups in total. The van der Waals surface area contributed by atoms with E-state index in [1.54, 1.807) is 0 Å². The first-order chi connectivity index (χ1) is 10.6. The number of esters is 1. The lowest BCUT2D eigenvalue weighted by atomic mass is 9.75. The summed E-state index contributed by atoms with van der Waals surface area (Å²) in [5.41, 5.74) is 1.28. The normalized spacial score (nSPS) is 34.5. The molecule has 1 aromatic rings. The van der Waals surface area contributed by atoms with Gasteiger partial charge in [0.05, 0.1) is 5.92 Å². The summed E-state index contributed by atoms with van der Waals surface area (Å²) < 4.78 is 5.97. The molecule has 2 nitrogen and oxygen atoms in total. The van der Waals surface area contributed by atoms with Crippen LogP contribution in [0.25, 0.3) is 0 Å². The summed E-state index contributed by atoms with van der Waals surface area (Å²) in [4.78, 5) is 12.5. The second kappa shape index (κ2) is 6.44. The van der Waals surface area contributed by atoms with Gasteiger partial charge in [0.1, 0.15) is 6.10 Å². The van der Waals surface area contributed by atoms with Crippen LogP contribution in [-0.2, 0) is 9.53 Å². The summed E-state index contributed by atoms with van der Waals surface area (Å²) in [6.45, 7) is 6.79. The minimum atomic E-state index is 0.0404. The third-order valence-corrected chi connectivity index (χ3v) is 5.55. The van der Waals surface area contributed by atoms with Crippen LogP contribution in [0.4, 0.5) is 0 Å². The quantitative estimate of drug-likeness (QED) is 0.747. The molecule has 3 rings (SSSR count). The summed E-state index contributed by atoms with van der Waals surface area (Å²) in [5, 5.41) is 0. The maximum absolute atomic E-state index is 12.5. The standard InChI is InChI=1S/C20H28O2/c1-13(2)16-10-9-14(3)11-19(16)22-20(21)18-12-17(18)15-7-5-4-6-8-15/h4-8,13-14,16-19H,9-12H2,1-3H3. The predicted octanol–water partition coefficient (Wildman–Crippen LogP) is 4.79. The van der Waals surface area contributed by atoms with Crippen LogP contribution in [0.3, 0.4) is 0 Å². The van der Waals surface area contributed by atoms with Gasteiger partial charge >= 0.3 is 5.97 Å². The van der Waals surface area contributed by atoms with Crippen LogP contribution < -0.4 is 0 Å². The van der Waals surface area contributed by atoms with Crippen molar-refractivity contribution in [3.63, 3.8) is 0 Å². The maximum Gasteiger partial charge on any atom is 0.309 e. The largest absolute Gasteiger partial charge is 0.462 e. The highest BCUT2D eigenvalue weighted by molar-refractivity contribution is 5.77. The molecule has 2 fully saturated rings. The number of hydrogen-bond donors (Lipinski definition) is 0. The highest BCUT2D eigenvalue weighted by Crippen LogP contribution is 2.49. The molecule has 0 radical (unpaired) electrons. The van der Waals surface area contributed by atoms with E-state index in [9.17, 15) is 4.79 Å². The molecule has 1 aromatic carbocycles. The number of carbonyl (C=O) groups excluding carboxylic acids is 1. The Kier molecular flexibility index (Phi) is 4.56. The molecule has 22 heavy (non-hydrogen) atoms. The van der Waals surface area contributed by atoms with E-state index in [0.29, 0.717) is 23.7 Å². The molecule has 5 unspecified atom stereocenters. The monoisotopic (exact) mass is 300 g/mol. The molecule has 0 spiro atoms. The number of ether oxygens (including phenoxy) is 1. The highest BCUT2D eigenvalue weighted by Gasteiger charge is 2.46. The molecule has 2 aliphatic carbocycles. The van der Waals surface area contributed by atoms with Crippen LogP contribution >= 0.6 is 0 Å². The zero-order valence-corrected chi connectivity index (χ0v) is 14.0. The molecule has 0 aliphatic heterocycles. The molecule has 2 aliphatic rings. The Labute approximate surface area is 134 Å². The highest BCUT2D eigenvalue weighted by atomic mass is 16.5. The number of rotatable bonds is 4. The van der Waals surface area contributed by atoms with Gasteiger partial charge < -0.3 is 4.74 Å². The first-order valence-electron chi connectivity index (χ1n) is 8.81. The lowest BCUT2D eigenvalue weighted by molar-refractivity contribution is -0.157. The summed E-state index contributed by atoms with van der Waals surface area (Å²) in [6.07, 6.45) is 4.60. The van der Waals surface area contributed by atoms with Crippen LogP contribution in [0.5, 0.6) is 0 Å². The Morgan fingerprint density at radius 2 is 1.86 bits per heavy atom. The molecule has 0 aromatic heterocycles. The van der Waals surface area contributed by atoms with Crippen molar-refractivity contribution in [2.75, 3.05) is 0 Å². The van der Waals surface area contributed by atoms with Gasteiger partial charge in [0, 0.05) is 0 Å². The third kappa shape index (κ3) is 3.37.